The van der Waals surface area contributed by atoms with Gasteiger partial charge in [0.25, 0.3) is 5.91 Å². The molecule has 0 spiro atoms. The molecule has 2 heterocycles. The zero-order chi connectivity index (χ0) is 18.0. The topological polar surface area (TPSA) is 46.6 Å². The molecule has 4 nitrogen and oxygen atoms in total. The van der Waals surface area contributed by atoms with Crippen LogP contribution in [0, 0.1) is 5.82 Å². The number of fused-ring (bicyclic) bond motifs is 1. The second kappa shape index (κ2) is 7.51. The Morgan fingerprint density at radius 1 is 1.32 bits per heavy atom. The first kappa shape index (κ1) is 17.8. The number of halogens is 2. The lowest BCUT2D eigenvalue weighted by Gasteiger charge is -2.15. The van der Waals surface area contributed by atoms with Gasteiger partial charge < -0.3 is 9.64 Å². The number of carbonyl (C=O) groups is 2. The van der Waals surface area contributed by atoms with E-state index in [2.05, 4.69) is 0 Å². The van der Waals surface area contributed by atoms with Crippen LogP contribution in [-0.4, -0.2) is 30.4 Å². The van der Waals surface area contributed by atoms with Crippen LogP contribution in [0.4, 0.5) is 4.39 Å². The Morgan fingerprint density at radius 3 is 2.84 bits per heavy atom. The standard InChI is InChI=1S/C17H13ClFNO3S2/c1-20(8-11-3-2-6-24-11)14(21)9-23-17(22)16-15(18)12-5-4-10(19)7-13(12)25-16/h2-7H,8-9H2,1H3. The summed E-state index contributed by atoms with van der Waals surface area (Å²) in [5.41, 5.74) is 0. The maximum Gasteiger partial charge on any atom is 0.350 e. The van der Waals surface area contributed by atoms with Crippen LogP contribution in [0.15, 0.2) is 35.7 Å². The van der Waals surface area contributed by atoms with Crippen molar-refractivity contribution in [2.24, 2.45) is 0 Å². The second-order valence-corrected chi connectivity index (χ2v) is 7.75. The van der Waals surface area contributed by atoms with Crippen LogP contribution < -0.4 is 0 Å². The van der Waals surface area contributed by atoms with E-state index < -0.39 is 11.8 Å². The van der Waals surface area contributed by atoms with Gasteiger partial charge in [-0.1, -0.05) is 17.7 Å². The zero-order valence-electron chi connectivity index (χ0n) is 13.1. The number of esters is 1. The van der Waals surface area contributed by atoms with Crippen LogP contribution in [0.5, 0.6) is 0 Å². The van der Waals surface area contributed by atoms with Gasteiger partial charge >= 0.3 is 5.97 Å². The van der Waals surface area contributed by atoms with E-state index in [1.807, 2.05) is 17.5 Å². The number of likely N-dealkylation sites (N-methyl/N-ethyl adjacent to an activating group) is 1. The summed E-state index contributed by atoms with van der Waals surface area (Å²) in [4.78, 5) is 27.0. The molecule has 1 aromatic carbocycles. The third-order valence-corrected chi connectivity index (χ3v) is 6.00. The number of rotatable bonds is 5. The molecular weight excluding hydrogens is 385 g/mol. The van der Waals surface area contributed by atoms with Crippen LogP contribution >= 0.6 is 34.3 Å². The van der Waals surface area contributed by atoms with E-state index in [1.165, 1.54) is 23.1 Å². The summed E-state index contributed by atoms with van der Waals surface area (Å²) >= 11 is 8.76. The van der Waals surface area contributed by atoms with Gasteiger partial charge in [0.2, 0.25) is 0 Å². The van der Waals surface area contributed by atoms with E-state index in [0.29, 0.717) is 16.6 Å². The molecule has 0 N–H and O–H groups in total. The van der Waals surface area contributed by atoms with Gasteiger partial charge in [-0.25, -0.2) is 9.18 Å². The lowest BCUT2D eigenvalue weighted by molar-refractivity contribution is -0.133. The molecule has 0 radical (unpaired) electrons. The number of carbonyl (C=O) groups excluding carboxylic acids is 2. The molecule has 3 aromatic rings. The fourth-order valence-electron chi connectivity index (χ4n) is 2.20. The Labute approximate surface area is 156 Å². The van der Waals surface area contributed by atoms with Gasteiger partial charge in [-0.2, -0.15) is 0 Å². The van der Waals surface area contributed by atoms with Crippen molar-refractivity contribution < 1.29 is 18.7 Å². The largest absolute Gasteiger partial charge is 0.451 e. The molecular formula is C17H13ClFNO3S2. The lowest BCUT2D eigenvalue weighted by Crippen LogP contribution is -2.30. The Hall–Kier alpha value is -1.96. The van der Waals surface area contributed by atoms with Crippen molar-refractivity contribution in [3.8, 4) is 0 Å². The van der Waals surface area contributed by atoms with Crippen molar-refractivity contribution in [2.45, 2.75) is 6.54 Å². The normalized spacial score (nSPS) is 10.8. The summed E-state index contributed by atoms with van der Waals surface area (Å²) in [6, 6.07) is 7.93. The van der Waals surface area contributed by atoms with Crippen LogP contribution in [0.1, 0.15) is 14.5 Å². The minimum Gasteiger partial charge on any atom is -0.451 e. The molecule has 2 aromatic heterocycles. The average molecular weight is 398 g/mol. The highest BCUT2D eigenvalue weighted by Gasteiger charge is 2.20. The van der Waals surface area contributed by atoms with Crippen LogP contribution in [0.3, 0.4) is 0 Å². The number of benzene rings is 1. The number of nitrogens with zero attached hydrogens (tertiary/aromatic N) is 1. The van der Waals surface area contributed by atoms with E-state index in [-0.39, 0.29) is 22.4 Å². The van der Waals surface area contributed by atoms with Crippen molar-refractivity contribution in [2.75, 3.05) is 13.7 Å². The minimum absolute atomic E-state index is 0.163. The molecule has 1 amide bonds. The average Bonchev–Trinajstić information content (AvgIpc) is 3.20. The summed E-state index contributed by atoms with van der Waals surface area (Å²) in [6.07, 6.45) is 0. The van der Waals surface area contributed by atoms with Crippen molar-refractivity contribution >= 4 is 56.2 Å². The highest BCUT2D eigenvalue weighted by Crippen LogP contribution is 2.36. The Bertz CT molecular complexity index is 924. The monoisotopic (exact) mass is 397 g/mol. The minimum atomic E-state index is -0.690. The summed E-state index contributed by atoms with van der Waals surface area (Å²) in [5, 5.41) is 2.73. The molecule has 25 heavy (non-hydrogen) atoms. The molecule has 130 valence electrons. The summed E-state index contributed by atoms with van der Waals surface area (Å²) < 4.78 is 18.9. The van der Waals surface area contributed by atoms with E-state index in [1.54, 1.807) is 18.4 Å². The van der Waals surface area contributed by atoms with Crippen molar-refractivity contribution in [1.82, 2.24) is 4.90 Å². The molecule has 0 saturated carbocycles. The highest BCUT2D eigenvalue weighted by molar-refractivity contribution is 7.21. The zero-order valence-corrected chi connectivity index (χ0v) is 15.5. The molecule has 0 bridgehead atoms. The second-order valence-electron chi connectivity index (χ2n) is 5.29. The third kappa shape index (κ3) is 4.00. The maximum absolute atomic E-state index is 13.3. The summed E-state index contributed by atoms with van der Waals surface area (Å²) in [7, 11) is 1.64. The Morgan fingerprint density at radius 2 is 2.12 bits per heavy atom. The van der Waals surface area contributed by atoms with E-state index in [9.17, 15) is 14.0 Å². The predicted octanol–water partition coefficient (Wildman–Crippen LogP) is 4.57. The van der Waals surface area contributed by atoms with Gasteiger partial charge in [0.1, 0.15) is 10.7 Å². The molecule has 0 fully saturated rings. The number of amides is 1. The molecule has 0 aliphatic rings. The molecule has 3 rings (SSSR count). The molecule has 0 aliphatic carbocycles. The SMILES string of the molecule is CN(Cc1cccs1)C(=O)COC(=O)c1sc2cc(F)ccc2c1Cl. The van der Waals surface area contributed by atoms with E-state index >= 15 is 0 Å². The quantitative estimate of drug-likeness (QED) is 0.592. The first-order valence-corrected chi connectivity index (χ1v) is 9.34. The van der Waals surface area contributed by atoms with Crippen LogP contribution in [0.25, 0.3) is 10.1 Å². The first-order chi connectivity index (χ1) is 12.0. The fraction of sp³-hybridized carbons (Fsp3) is 0.176. The summed E-state index contributed by atoms with van der Waals surface area (Å²) in [6.45, 7) is 0.0800. The molecule has 8 heteroatoms. The Balaban J connectivity index is 1.64. The molecule has 0 aliphatic heterocycles. The Kier molecular flexibility index (Phi) is 5.36. The van der Waals surface area contributed by atoms with E-state index in [4.69, 9.17) is 16.3 Å². The van der Waals surface area contributed by atoms with Gasteiger partial charge in [-0.3, -0.25) is 4.79 Å². The van der Waals surface area contributed by atoms with Gasteiger partial charge in [0, 0.05) is 22.0 Å². The predicted molar refractivity (Wildman–Crippen MR) is 97.9 cm³/mol. The van der Waals surface area contributed by atoms with Crippen LogP contribution in [0.2, 0.25) is 5.02 Å². The van der Waals surface area contributed by atoms with Crippen molar-refractivity contribution in [3.63, 3.8) is 0 Å². The number of thiophene rings is 2. The van der Waals surface area contributed by atoms with Crippen LogP contribution in [-0.2, 0) is 16.1 Å². The van der Waals surface area contributed by atoms with E-state index in [0.717, 1.165) is 16.2 Å². The number of hydrogen-bond donors (Lipinski definition) is 0. The fourth-order valence-corrected chi connectivity index (χ4v) is 4.38. The number of ether oxygens (including phenoxy) is 1. The van der Waals surface area contributed by atoms with Crippen molar-refractivity contribution in [1.29, 1.82) is 0 Å². The maximum atomic E-state index is 13.3. The van der Waals surface area contributed by atoms with Gasteiger partial charge in [0.15, 0.2) is 6.61 Å². The number of hydrogen-bond acceptors (Lipinski definition) is 5. The smallest absolute Gasteiger partial charge is 0.350 e. The molecule has 0 saturated heterocycles. The first-order valence-electron chi connectivity index (χ1n) is 7.26. The van der Waals surface area contributed by atoms with Gasteiger partial charge in [0.05, 0.1) is 11.6 Å². The molecule has 0 unspecified atom stereocenters. The van der Waals surface area contributed by atoms with Gasteiger partial charge in [-0.15, -0.1) is 22.7 Å². The summed E-state index contributed by atoms with van der Waals surface area (Å²) in [5.74, 6) is -1.41. The lowest BCUT2D eigenvalue weighted by atomic mass is 10.2. The third-order valence-electron chi connectivity index (χ3n) is 3.50. The van der Waals surface area contributed by atoms with Crippen molar-refractivity contribution in [3.05, 3.63) is 56.3 Å². The molecule has 0 atom stereocenters. The van der Waals surface area contributed by atoms with Gasteiger partial charge in [-0.05, 0) is 29.6 Å². The highest BCUT2D eigenvalue weighted by atomic mass is 35.5.